The van der Waals surface area contributed by atoms with E-state index in [1.54, 1.807) is 6.20 Å². The molecule has 0 spiro atoms. The van der Waals surface area contributed by atoms with Crippen LogP contribution < -0.4 is 0 Å². The molecule has 0 N–H and O–H groups in total. The van der Waals surface area contributed by atoms with Crippen LogP contribution in [0, 0.1) is 0 Å². The van der Waals surface area contributed by atoms with E-state index in [-0.39, 0.29) is 0 Å². The number of fused-ring (bicyclic) bond motifs is 1. The van der Waals surface area contributed by atoms with Gasteiger partial charge < -0.3 is 0 Å². The van der Waals surface area contributed by atoms with Gasteiger partial charge in [-0.15, -0.1) is 11.6 Å². The second-order valence-electron chi connectivity index (χ2n) is 3.66. The highest BCUT2D eigenvalue weighted by Gasteiger charge is 2.30. The molecule has 0 aromatic carbocycles. The minimum Gasteiger partial charge on any atom is -0.237 e. The van der Waals surface area contributed by atoms with Gasteiger partial charge in [-0.25, -0.2) is 9.50 Å². The van der Waals surface area contributed by atoms with Crippen LogP contribution in [0.4, 0.5) is 0 Å². The molecule has 4 heteroatoms. The molecule has 2 heterocycles. The maximum Gasteiger partial charge on any atom is 0.159 e. The summed E-state index contributed by atoms with van der Waals surface area (Å²) in [6, 6.07) is 1.88. The average molecular weight is 208 g/mol. The fourth-order valence-corrected chi connectivity index (χ4v) is 2.02. The largest absolute Gasteiger partial charge is 0.237 e. The first kappa shape index (κ1) is 8.24. The fourth-order valence-electron chi connectivity index (χ4n) is 1.76. The van der Waals surface area contributed by atoms with Gasteiger partial charge >= 0.3 is 0 Å². The SMILES string of the molecule is ClCc1c(C2CC2)nn2cccnc12. The Kier molecular flexibility index (Phi) is 1.74. The Labute approximate surface area is 86.7 Å². The molecule has 3 nitrogen and oxygen atoms in total. The molecule has 0 saturated heterocycles. The Balaban J connectivity index is 2.28. The summed E-state index contributed by atoms with van der Waals surface area (Å²) in [5, 5.41) is 4.52. The van der Waals surface area contributed by atoms with Crippen molar-refractivity contribution in [2.24, 2.45) is 0 Å². The quantitative estimate of drug-likeness (QED) is 0.708. The molecule has 0 amide bonds. The van der Waals surface area contributed by atoms with Crippen LogP contribution in [0.25, 0.3) is 5.65 Å². The number of halogens is 1. The molecule has 3 rings (SSSR count). The molecule has 0 bridgehead atoms. The highest BCUT2D eigenvalue weighted by Crippen LogP contribution is 2.41. The normalized spacial score (nSPS) is 16.4. The van der Waals surface area contributed by atoms with Crippen LogP contribution in [-0.2, 0) is 5.88 Å². The molecular weight excluding hydrogens is 198 g/mol. The molecule has 2 aromatic heterocycles. The van der Waals surface area contributed by atoms with Crippen molar-refractivity contribution in [3.05, 3.63) is 29.7 Å². The lowest BCUT2D eigenvalue weighted by Gasteiger charge is -1.93. The van der Waals surface area contributed by atoms with E-state index < -0.39 is 0 Å². The van der Waals surface area contributed by atoms with Gasteiger partial charge in [0.05, 0.1) is 11.6 Å². The molecule has 72 valence electrons. The summed E-state index contributed by atoms with van der Waals surface area (Å²) in [6.45, 7) is 0. The maximum atomic E-state index is 5.93. The molecule has 0 atom stereocenters. The lowest BCUT2D eigenvalue weighted by atomic mass is 10.2. The van der Waals surface area contributed by atoms with Gasteiger partial charge in [0, 0.05) is 23.9 Å². The zero-order chi connectivity index (χ0) is 9.54. The molecule has 1 fully saturated rings. The Morgan fingerprint density at radius 3 is 3.07 bits per heavy atom. The molecule has 2 aromatic rings. The Morgan fingerprint density at radius 2 is 2.36 bits per heavy atom. The van der Waals surface area contributed by atoms with Gasteiger partial charge in [-0.3, -0.25) is 0 Å². The molecule has 0 radical (unpaired) electrons. The summed E-state index contributed by atoms with van der Waals surface area (Å²) in [6.07, 6.45) is 6.19. The van der Waals surface area contributed by atoms with Crippen molar-refractivity contribution >= 4 is 17.2 Å². The van der Waals surface area contributed by atoms with E-state index in [0.717, 1.165) is 16.9 Å². The minimum atomic E-state index is 0.506. The van der Waals surface area contributed by atoms with Crippen LogP contribution in [0.1, 0.15) is 30.0 Å². The number of aromatic nitrogens is 3. The summed E-state index contributed by atoms with van der Waals surface area (Å²) in [4.78, 5) is 4.30. The van der Waals surface area contributed by atoms with E-state index >= 15 is 0 Å². The summed E-state index contributed by atoms with van der Waals surface area (Å²) in [5.41, 5.74) is 3.16. The summed E-state index contributed by atoms with van der Waals surface area (Å²) < 4.78 is 1.82. The molecular formula is C10H10ClN3. The van der Waals surface area contributed by atoms with E-state index in [4.69, 9.17) is 11.6 Å². The molecule has 1 aliphatic rings. The Hall–Kier alpha value is -1.09. The van der Waals surface area contributed by atoms with Gasteiger partial charge in [0.25, 0.3) is 0 Å². The standard InChI is InChI=1S/C10H10ClN3/c11-6-8-9(7-2-3-7)13-14-5-1-4-12-10(8)14/h1,4-5,7H,2-3,6H2. The predicted octanol–water partition coefficient (Wildman–Crippen LogP) is 2.35. The smallest absolute Gasteiger partial charge is 0.159 e. The molecule has 0 aliphatic heterocycles. The van der Waals surface area contributed by atoms with Crippen molar-refractivity contribution < 1.29 is 0 Å². The zero-order valence-electron chi connectivity index (χ0n) is 7.65. The maximum absolute atomic E-state index is 5.93. The van der Waals surface area contributed by atoms with Crippen molar-refractivity contribution in [1.82, 2.24) is 14.6 Å². The Bertz CT molecular complexity index is 473. The molecule has 0 unspecified atom stereocenters. The van der Waals surface area contributed by atoms with E-state index in [0.29, 0.717) is 11.8 Å². The van der Waals surface area contributed by atoms with Crippen molar-refractivity contribution in [2.75, 3.05) is 0 Å². The third-order valence-corrected chi connectivity index (χ3v) is 2.89. The van der Waals surface area contributed by atoms with Crippen molar-refractivity contribution in [3.63, 3.8) is 0 Å². The van der Waals surface area contributed by atoms with Crippen molar-refractivity contribution in [2.45, 2.75) is 24.6 Å². The third kappa shape index (κ3) is 1.12. The first-order valence-corrected chi connectivity index (χ1v) is 5.31. The first-order valence-electron chi connectivity index (χ1n) is 4.78. The van der Waals surface area contributed by atoms with Crippen LogP contribution in [-0.4, -0.2) is 14.6 Å². The van der Waals surface area contributed by atoms with Crippen molar-refractivity contribution in [3.8, 4) is 0 Å². The van der Waals surface area contributed by atoms with Gasteiger partial charge in [0.15, 0.2) is 5.65 Å². The average Bonchev–Trinajstić information content (AvgIpc) is 2.99. The summed E-state index contributed by atoms with van der Waals surface area (Å²) in [7, 11) is 0. The van der Waals surface area contributed by atoms with E-state index in [2.05, 4.69) is 10.1 Å². The summed E-state index contributed by atoms with van der Waals surface area (Å²) >= 11 is 5.93. The third-order valence-electron chi connectivity index (χ3n) is 2.62. The van der Waals surface area contributed by atoms with Gasteiger partial charge in [-0.05, 0) is 18.9 Å². The van der Waals surface area contributed by atoms with Crippen molar-refractivity contribution in [1.29, 1.82) is 0 Å². The highest BCUT2D eigenvalue weighted by molar-refractivity contribution is 6.17. The molecule has 1 saturated carbocycles. The lowest BCUT2D eigenvalue weighted by molar-refractivity contribution is 0.879. The second kappa shape index (κ2) is 2.95. The van der Waals surface area contributed by atoms with E-state index in [1.807, 2.05) is 16.8 Å². The number of alkyl halides is 1. The second-order valence-corrected chi connectivity index (χ2v) is 3.93. The lowest BCUT2D eigenvalue weighted by Crippen LogP contribution is -1.87. The zero-order valence-corrected chi connectivity index (χ0v) is 8.41. The number of hydrogen-bond donors (Lipinski definition) is 0. The van der Waals surface area contributed by atoms with E-state index in [1.165, 1.54) is 12.8 Å². The first-order chi connectivity index (χ1) is 6.90. The van der Waals surface area contributed by atoms with Gasteiger partial charge in [-0.1, -0.05) is 0 Å². The topological polar surface area (TPSA) is 30.2 Å². The van der Waals surface area contributed by atoms with E-state index in [9.17, 15) is 0 Å². The predicted molar refractivity (Wildman–Crippen MR) is 54.5 cm³/mol. The number of rotatable bonds is 2. The van der Waals surface area contributed by atoms with Crippen LogP contribution >= 0.6 is 11.6 Å². The molecule has 14 heavy (non-hydrogen) atoms. The Morgan fingerprint density at radius 1 is 1.50 bits per heavy atom. The van der Waals surface area contributed by atoms with Crippen LogP contribution in [0.5, 0.6) is 0 Å². The molecule has 1 aliphatic carbocycles. The van der Waals surface area contributed by atoms with Gasteiger partial charge in [-0.2, -0.15) is 5.10 Å². The minimum absolute atomic E-state index is 0.506. The number of hydrogen-bond acceptors (Lipinski definition) is 2. The summed E-state index contributed by atoms with van der Waals surface area (Å²) in [5.74, 6) is 1.14. The van der Waals surface area contributed by atoms with Crippen LogP contribution in [0.2, 0.25) is 0 Å². The monoisotopic (exact) mass is 207 g/mol. The number of nitrogens with zero attached hydrogens (tertiary/aromatic N) is 3. The van der Waals surface area contributed by atoms with Gasteiger partial charge in [0.2, 0.25) is 0 Å². The van der Waals surface area contributed by atoms with Crippen LogP contribution in [0.15, 0.2) is 18.5 Å². The highest BCUT2D eigenvalue weighted by atomic mass is 35.5. The fraction of sp³-hybridized carbons (Fsp3) is 0.400. The van der Waals surface area contributed by atoms with Crippen LogP contribution in [0.3, 0.4) is 0 Å². The van der Waals surface area contributed by atoms with Gasteiger partial charge in [0.1, 0.15) is 0 Å².